The summed E-state index contributed by atoms with van der Waals surface area (Å²) < 4.78 is 11.6. The van der Waals surface area contributed by atoms with Gasteiger partial charge in [-0.25, -0.2) is 0 Å². The number of hydrogen-bond acceptors (Lipinski definition) is 5. The highest BCUT2D eigenvalue weighted by Gasteiger charge is 2.33. The number of nitrogens with one attached hydrogen (secondary N) is 3. The number of carbonyl (C=O) groups is 1. The summed E-state index contributed by atoms with van der Waals surface area (Å²) in [5.41, 5.74) is 0.189. The minimum Gasteiger partial charge on any atom is -0.482 e. The van der Waals surface area contributed by atoms with Crippen LogP contribution < -0.4 is 20.3 Å². The average Bonchev–Trinajstić information content (AvgIpc) is 2.51. The Morgan fingerprint density at radius 2 is 1.96 bits per heavy atom. The third-order valence-corrected chi connectivity index (χ3v) is 3.57. The van der Waals surface area contributed by atoms with Gasteiger partial charge in [0.1, 0.15) is 6.10 Å². The molecule has 1 aliphatic heterocycles. The molecule has 3 N–H and O–H groups in total. The fraction of sp³-hybridized carbons (Fsp3) is 0.267. The highest BCUT2D eigenvalue weighted by Crippen LogP contribution is 2.33. The first-order valence-electron chi connectivity index (χ1n) is 7.05. The zero-order chi connectivity index (χ0) is 16.4. The van der Waals surface area contributed by atoms with Gasteiger partial charge in [0.25, 0.3) is 11.5 Å². The zero-order valence-electron chi connectivity index (χ0n) is 12.3. The Morgan fingerprint density at radius 1 is 1.26 bits per heavy atom. The van der Waals surface area contributed by atoms with Crippen LogP contribution in [0.1, 0.15) is 12.6 Å². The largest absolute Gasteiger partial charge is 0.482 e. The van der Waals surface area contributed by atoms with Crippen LogP contribution in [0.3, 0.4) is 0 Å². The number of H-pyrrole nitrogens is 2. The number of rotatable bonds is 3. The number of amides is 1. The minimum absolute atomic E-state index is 0.140. The Bertz CT molecular complexity index is 817. The number of para-hydroxylation sites is 2. The standard InChI is InChI=1S/C15H15N3O4S/c1-8-13(22-11-5-3-2-4-10(11)21-8)14(20)16-7-9-6-12(19)18-15(23)17-9/h2-6,8,13H,7H2,1H3,(H,16,20)(H2,17,18,19,23). The maximum Gasteiger partial charge on any atom is 0.265 e. The van der Waals surface area contributed by atoms with E-state index >= 15 is 0 Å². The van der Waals surface area contributed by atoms with E-state index in [0.29, 0.717) is 17.2 Å². The summed E-state index contributed by atoms with van der Waals surface area (Å²) in [6.45, 7) is 1.90. The molecule has 7 nitrogen and oxygen atoms in total. The van der Waals surface area contributed by atoms with Crippen molar-refractivity contribution < 1.29 is 14.3 Å². The Labute approximate surface area is 136 Å². The van der Waals surface area contributed by atoms with Crippen LogP contribution in [0.5, 0.6) is 11.5 Å². The zero-order valence-corrected chi connectivity index (χ0v) is 13.1. The second-order valence-electron chi connectivity index (χ2n) is 5.14. The first kappa shape index (κ1) is 15.3. The molecule has 8 heteroatoms. The summed E-state index contributed by atoms with van der Waals surface area (Å²) in [6, 6.07) is 8.52. The molecule has 0 saturated carbocycles. The van der Waals surface area contributed by atoms with E-state index in [1.54, 1.807) is 19.1 Å². The van der Waals surface area contributed by atoms with Crippen molar-refractivity contribution in [2.45, 2.75) is 25.7 Å². The van der Waals surface area contributed by atoms with E-state index in [2.05, 4.69) is 15.3 Å². The van der Waals surface area contributed by atoms with Gasteiger partial charge in [-0.15, -0.1) is 0 Å². The molecule has 0 saturated heterocycles. The lowest BCUT2D eigenvalue weighted by Gasteiger charge is -2.30. The van der Waals surface area contributed by atoms with Crippen LogP contribution in [0.4, 0.5) is 0 Å². The number of fused-ring (bicyclic) bond motifs is 1. The van der Waals surface area contributed by atoms with E-state index < -0.39 is 12.2 Å². The lowest BCUT2D eigenvalue weighted by molar-refractivity contribution is -0.133. The van der Waals surface area contributed by atoms with Crippen molar-refractivity contribution in [1.82, 2.24) is 15.3 Å². The third kappa shape index (κ3) is 3.42. The fourth-order valence-corrected chi connectivity index (χ4v) is 2.54. The highest BCUT2D eigenvalue weighted by molar-refractivity contribution is 7.71. The minimum atomic E-state index is -0.769. The Kier molecular flexibility index (Phi) is 4.16. The highest BCUT2D eigenvalue weighted by atomic mass is 32.1. The Balaban J connectivity index is 1.69. The van der Waals surface area contributed by atoms with Gasteiger partial charge in [-0.05, 0) is 31.3 Å². The van der Waals surface area contributed by atoms with Crippen molar-refractivity contribution in [1.29, 1.82) is 0 Å². The Morgan fingerprint density at radius 3 is 2.65 bits per heavy atom. The maximum absolute atomic E-state index is 12.3. The molecule has 2 unspecified atom stereocenters. The predicted octanol–water partition coefficient (Wildman–Crippen LogP) is 1.28. The van der Waals surface area contributed by atoms with Crippen LogP contribution in [0.15, 0.2) is 35.1 Å². The molecule has 2 aromatic rings. The molecule has 23 heavy (non-hydrogen) atoms. The number of benzene rings is 1. The van der Waals surface area contributed by atoms with Gasteiger partial charge in [0.15, 0.2) is 16.3 Å². The van der Waals surface area contributed by atoms with E-state index in [0.717, 1.165) is 0 Å². The van der Waals surface area contributed by atoms with E-state index in [1.165, 1.54) is 6.07 Å². The SMILES string of the molecule is CC1Oc2ccccc2OC1C(=O)NCc1cc(=O)[nH]c(=S)[nH]1. The van der Waals surface area contributed by atoms with Gasteiger partial charge in [0.05, 0.1) is 6.54 Å². The molecular weight excluding hydrogens is 318 g/mol. The fourth-order valence-electron chi connectivity index (χ4n) is 2.30. The predicted molar refractivity (Wildman–Crippen MR) is 85.0 cm³/mol. The molecule has 0 radical (unpaired) electrons. The molecule has 1 aromatic carbocycles. The summed E-state index contributed by atoms with van der Waals surface area (Å²) in [7, 11) is 0. The van der Waals surface area contributed by atoms with Gasteiger partial charge in [0.2, 0.25) is 6.10 Å². The van der Waals surface area contributed by atoms with Gasteiger partial charge in [0, 0.05) is 11.8 Å². The molecule has 2 atom stereocenters. The van der Waals surface area contributed by atoms with E-state index in [-0.39, 0.29) is 22.8 Å². The second kappa shape index (κ2) is 6.25. The summed E-state index contributed by atoms with van der Waals surface area (Å²) >= 11 is 4.89. The van der Waals surface area contributed by atoms with E-state index in [4.69, 9.17) is 21.7 Å². The number of ether oxygens (including phenoxy) is 2. The lowest BCUT2D eigenvalue weighted by atomic mass is 10.1. The van der Waals surface area contributed by atoms with E-state index in [9.17, 15) is 9.59 Å². The van der Waals surface area contributed by atoms with Crippen molar-refractivity contribution in [2.75, 3.05) is 0 Å². The van der Waals surface area contributed by atoms with Gasteiger partial charge in [-0.3, -0.25) is 14.6 Å². The molecule has 0 spiro atoms. The number of hydrogen-bond donors (Lipinski definition) is 3. The van der Waals surface area contributed by atoms with Crippen LogP contribution in [0.2, 0.25) is 0 Å². The maximum atomic E-state index is 12.3. The van der Waals surface area contributed by atoms with Crippen LogP contribution >= 0.6 is 12.2 Å². The molecule has 120 valence electrons. The monoisotopic (exact) mass is 333 g/mol. The number of carbonyl (C=O) groups excluding carboxylic acids is 1. The van der Waals surface area contributed by atoms with Crippen LogP contribution in [-0.4, -0.2) is 28.1 Å². The summed E-state index contributed by atoms with van der Waals surface area (Å²) in [5, 5.41) is 2.71. The van der Waals surface area contributed by atoms with Crippen molar-refractivity contribution in [3.05, 3.63) is 51.2 Å². The summed E-state index contributed by atoms with van der Waals surface area (Å²) in [6.07, 6.45) is -1.20. The summed E-state index contributed by atoms with van der Waals surface area (Å²) in [4.78, 5) is 28.9. The first-order chi connectivity index (χ1) is 11.0. The van der Waals surface area contributed by atoms with Crippen molar-refractivity contribution in [3.63, 3.8) is 0 Å². The van der Waals surface area contributed by atoms with Crippen molar-refractivity contribution in [2.24, 2.45) is 0 Å². The number of aromatic amines is 2. The molecule has 2 heterocycles. The van der Waals surface area contributed by atoms with Crippen molar-refractivity contribution in [3.8, 4) is 11.5 Å². The summed E-state index contributed by atoms with van der Waals surface area (Å²) in [5.74, 6) is 0.815. The van der Waals surface area contributed by atoms with Crippen molar-refractivity contribution >= 4 is 18.1 Å². The van der Waals surface area contributed by atoms with Gasteiger partial charge >= 0.3 is 0 Å². The lowest BCUT2D eigenvalue weighted by Crippen LogP contribution is -2.48. The molecule has 0 aliphatic carbocycles. The quantitative estimate of drug-likeness (QED) is 0.735. The second-order valence-corrected chi connectivity index (χ2v) is 5.55. The molecule has 1 aliphatic rings. The normalized spacial score (nSPS) is 19.2. The molecule has 1 aromatic heterocycles. The molecular formula is C15H15N3O4S. The Hall–Kier alpha value is -2.61. The van der Waals surface area contributed by atoms with Gasteiger partial charge in [-0.1, -0.05) is 12.1 Å². The van der Waals surface area contributed by atoms with Crippen LogP contribution in [-0.2, 0) is 11.3 Å². The number of aromatic nitrogens is 2. The molecule has 0 fully saturated rings. The van der Waals surface area contributed by atoms with E-state index in [1.807, 2.05) is 12.1 Å². The van der Waals surface area contributed by atoms with Gasteiger partial charge < -0.3 is 19.8 Å². The van der Waals surface area contributed by atoms with Gasteiger partial charge in [-0.2, -0.15) is 0 Å². The topological polar surface area (TPSA) is 96.2 Å². The van der Waals surface area contributed by atoms with Crippen LogP contribution in [0, 0.1) is 4.77 Å². The third-order valence-electron chi connectivity index (χ3n) is 3.37. The average molecular weight is 333 g/mol. The molecule has 1 amide bonds. The first-order valence-corrected chi connectivity index (χ1v) is 7.46. The molecule has 0 bridgehead atoms. The molecule has 3 rings (SSSR count). The smallest absolute Gasteiger partial charge is 0.265 e. The van der Waals surface area contributed by atoms with Crippen LogP contribution in [0.25, 0.3) is 0 Å².